The zero-order valence-electron chi connectivity index (χ0n) is 26.0. The number of hydrogen-bond donors (Lipinski definition) is 3. The van der Waals surface area contributed by atoms with Crippen LogP contribution in [0.5, 0.6) is 17.2 Å². The smallest absolute Gasteiger partial charge is 0.254 e. The molecule has 3 aromatic rings. The van der Waals surface area contributed by atoms with E-state index in [1.165, 1.54) is 23.1 Å². The minimum absolute atomic E-state index is 0.0403. The second-order valence-electron chi connectivity index (χ2n) is 11.1. The maximum atomic E-state index is 14.2. The monoisotopic (exact) mass is 618 g/mol. The first-order valence-electron chi connectivity index (χ1n) is 15.1. The highest BCUT2D eigenvalue weighted by Gasteiger charge is 2.27. The van der Waals surface area contributed by atoms with Gasteiger partial charge in [-0.15, -0.1) is 0 Å². The summed E-state index contributed by atoms with van der Waals surface area (Å²) in [6.45, 7) is 5.15. The van der Waals surface area contributed by atoms with Crippen molar-refractivity contribution in [2.75, 3.05) is 33.5 Å². The topological polar surface area (TPSA) is 158 Å². The van der Waals surface area contributed by atoms with Gasteiger partial charge in [-0.05, 0) is 72.9 Å². The van der Waals surface area contributed by atoms with Crippen LogP contribution in [0, 0.1) is 0 Å². The highest BCUT2D eigenvalue weighted by molar-refractivity contribution is 6.04. The molecule has 5 N–H and O–H groups in total. The Morgan fingerprint density at radius 3 is 2.16 bits per heavy atom. The fourth-order valence-corrected chi connectivity index (χ4v) is 5.28. The van der Waals surface area contributed by atoms with E-state index in [0.29, 0.717) is 36.8 Å². The van der Waals surface area contributed by atoms with Gasteiger partial charge in [-0.3, -0.25) is 14.4 Å². The summed E-state index contributed by atoms with van der Waals surface area (Å²) < 4.78 is 16.2. The van der Waals surface area contributed by atoms with Crippen LogP contribution in [0.4, 0.5) is 0 Å². The number of hydrogen-bond acceptors (Lipinski definition) is 8. The molecule has 4 rings (SSSR count). The van der Waals surface area contributed by atoms with Gasteiger partial charge >= 0.3 is 0 Å². The fourth-order valence-electron chi connectivity index (χ4n) is 5.28. The van der Waals surface area contributed by atoms with Crippen LogP contribution in [0.25, 0.3) is 0 Å². The molecule has 0 bridgehead atoms. The quantitative estimate of drug-likeness (QED) is 0.234. The molecule has 0 radical (unpaired) electrons. The Balaban J connectivity index is 1.64. The highest BCUT2D eigenvalue weighted by atomic mass is 16.7. The van der Waals surface area contributed by atoms with Crippen LogP contribution in [-0.2, 0) is 13.0 Å². The van der Waals surface area contributed by atoms with Crippen LogP contribution in [0.2, 0.25) is 0 Å². The van der Waals surface area contributed by atoms with E-state index in [4.69, 9.17) is 25.7 Å². The van der Waals surface area contributed by atoms with Crippen LogP contribution in [0.3, 0.4) is 0 Å². The summed E-state index contributed by atoms with van der Waals surface area (Å²) in [5, 5.41) is 11.3. The molecule has 240 valence electrons. The molecule has 0 saturated carbocycles. The van der Waals surface area contributed by atoms with Gasteiger partial charge in [0.05, 0.1) is 13.2 Å². The van der Waals surface area contributed by atoms with Gasteiger partial charge in [0, 0.05) is 48.9 Å². The van der Waals surface area contributed by atoms with Crippen LogP contribution in [-0.4, -0.2) is 78.3 Å². The number of aliphatic hydroxyl groups excluding tert-OH is 1. The molecular weight excluding hydrogens is 576 g/mol. The van der Waals surface area contributed by atoms with Crippen molar-refractivity contribution in [2.45, 2.75) is 51.8 Å². The van der Waals surface area contributed by atoms with Crippen LogP contribution in [0.15, 0.2) is 60.7 Å². The van der Waals surface area contributed by atoms with Gasteiger partial charge in [0.2, 0.25) is 12.7 Å². The number of carbonyl (C=O) groups excluding carboxylic acids is 3. The maximum Gasteiger partial charge on any atom is 0.254 e. The van der Waals surface area contributed by atoms with Gasteiger partial charge in [-0.2, -0.15) is 0 Å². The van der Waals surface area contributed by atoms with Crippen LogP contribution >= 0.6 is 0 Å². The third-order valence-electron chi connectivity index (χ3n) is 7.59. The van der Waals surface area contributed by atoms with Crippen molar-refractivity contribution in [1.82, 2.24) is 9.80 Å². The molecule has 1 heterocycles. The molecule has 11 nitrogen and oxygen atoms in total. The number of amides is 3. The van der Waals surface area contributed by atoms with Gasteiger partial charge in [-0.1, -0.05) is 32.0 Å². The summed E-state index contributed by atoms with van der Waals surface area (Å²) in [7, 11) is 1.55. The molecule has 0 aliphatic carbocycles. The number of nitrogens with zero attached hydrogens (tertiary/aromatic N) is 2. The molecule has 3 aromatic carbocycles. The molecular formula is C34H42N4O7. The molecule has 11 heteroatoms. The van der Waals surface area contributed by atoms with Gasteiger partial charge in [0.15, 0.2) is 11.5 Å². The summed E-state index contributed by atoms with van der Waals surface area (Å²) in [5.74, 6) is 0.311. The number of carbonyl (C=O) groups is 3. The first-order valence-corrected chi connectivity index (χ1v) is 15.1. The lowest BCUT2D eigenvalue weighted by Crippen LogP contribution is -2.46. The molecule has 0 spiro atoms. The SMILES string of the molecule is CCCN(CCC)C(=O)c1cc(C(N)=O)cc(C(=O)N(Cc2cccc(OC)c2)C[C@@H](O)[C@@H](N)Cc2ccc3c(c2)OCO3)c1. The average molecular weight is 619 g/mol. The summed E-state index contributed by atoms with van der Waals surface area (Å²) in [5.41, 5.74) is 14.0. The largest absolute Gasteiger partial charge is 0.497 e. The van der Waals surface area contributed by atoms with Gasteiger partial charge in [0.1, 0.15) is 5.75 Å². The number of aliphatic hydroxyl groups is 1. The van der Waals surface area contributed by atoms with Gasteiger partial charge in [0.25, 0.3) is 11.8 Å². The number of methoxy groups -OCH3 is 1. The number of ether oxygens (including phenoxy) is 3. The zero-order valence-corrected chi connectivity index (χ0v) is 26.0. The first-order chi connectivity index (χ1) is 21.6. The molecule has 0 fully saturated rings. The number of fused-ring (bicyclic) bond motifs is 1. The minimum Gasteiger partial charge on any atom is -0.497 e. The van der Waals surface area contributed by atoms with Crippen molar-refractivity contribution in [3.63, 3.8) is 0 Å². The van der Waals surface area contributed by atoms with Gasteiger partial charge in [-0.25, -0.2) is 0 Å². The molecule has 0 aromatic heterocycles. The van der Waals surface area contributed by atoms with E-state index in [1.54, 1.807) is 36.3 Å². The standard InChI is InChI=1S/C34H42N4O7/c1-4-11-37(12-5-2)33(41)25-16-24(32(36)40)17-26(18-25)34(42)38(19-23-7-6-8-27(13-23)43-3)20-29(39)28(35)14-22-9-10-30-31(15-22)45-21-44-30/h6-10,13,15-18,28-29,39H,4-5,11-12,14,19-21,35H2,1-3H3,(H2,36,40)/t28-,29+/m0/s1. The summed E-state index contributed by atoms with van der Waals surface area (Å²) in [6.07, 6.45) is 0.715. The minimum atomic E-state index is -1.12. The molecule has 1 aliphatic heterocycles. The Hall–Kier alpha value is -4.61. The lowest BCUT2D eigenvalue weighted by Gasteiger charge is -2.29. The Morgan fingerprint density at radius 2 is 1.51 bits per heavy atom. The van der Waals surface area contributed by atoms with Crippen LogP contribution < -0.4 is 25.7 Å². The van der Waals surface area contributed by atoms with E-state index in [9.17, 15) is 19.5 Å². The normalized spacial score (nSPS) is 13.2. The third kappa shape index (κ3) is 8.52. The van der Waals surface area contributed by atoms with Crippen molar-refractivity contribution < 1.29 is 33.7 Å². The molecule has 0 unspecified atom stereocenters. The van der Waals surface area contributed by atoms with Crippen molar-refractivity contribution in [3.05, 3.63) is 88.5 Å². The molecule has 1 aliphatic rings. The van der Waals surface area contributed by atoms with Crippen molar-refractivity contribution >= 4 is 17.7 Å². The lowest BCUT2D eigenvalue weighted by atomic mass is 10.00. The van der Waals surface area contributed by atoms with Crippen LogP contribution in [0.1, 0.15) is 68.9 Å². The first kappa shape index (κ1) is 33.3. The predicted molar refractivity (Wildman–Crippen MR) is 169 cm³/mol. The summed E-state index contributed by atoms with van der Waals surface area (Å²) in [4.78, 5) is 43.1. The summed E-state index contributed by atoms with van der Waals surface area (Å²) in [6, 6.07) is 16.2. The molecule has 2 atom stereocenters. The van der Waals surface area contributed by atoms with E-state index < -0.39 is 24.0 Å². The zero-order chi connectivity index (χ0) is 32.5. The Kier molecular flexibility index (Phi) is 11.4. The van der Waals surface area contributed by atoms with Gasteiger partial charge < -0.3 is 40.6 Å². The van der Waals surface area contributed by atoms with Crippen molar-refractivity contribution in [2.24, 2.45) is 11.5 Å². The molecule has 45 heavy (non-hydrogen) atoms. The Bertz CT molecular complexity index is 1510. The molecule has 0 saturated heterocycles. The van der Waals surface area contributed by atoms with E-state index in [2.05, 4.69) is 0 Å². The highest BCUT2D eigenvalue weighted by Crippen LogP contribution is 2.33. The number of rotatable bonds is 15. The second-order valence-corrected chi connectivity index (χ2v) is 11.1. The molecule has 3 amide bonds. The number of benzene rings is 3. The Labute approximate surface area is 263 Å². The average Bonchev–Trinajstić information content (AvgIpc) is 3.51. The second kappa shape index (κ2) is 15.4. The van der Waals surface area contributed by atoms with Crippen molar-refractivity contribution in [1.29, 1.82) is 0 Å². The van der Waals surface area contributed by atoms with Crippen molar-refractivity contribution in [3.8, 4) is 17.2 Å². The third-order valence-corrected chi connectivity index (χ3v) is 7.59. The van der Waals surface area contributed by atoms with E-state index in [0.717, 1.165) is 24.0 Å². The Morgan fingerprint density at radius 1 is 0.867 bits per heavy atom. The lowest BCUT2D eigenvalue weighted by molar-refractivity contribution is 0.0554. The number of primary amides is 1. The van der Waals surface area contributed by atoms with E-state index in [1.807, 2.05) is 32.0 Å². The number of nitrogens with two attached hydrogens (primary N) is 2. The van der Waals surface area contributed by atoms with E-state index >= 15 is 0 Å². The maximum absolute atomic E-state index is 14.2. The summed E-state index contributed by atoms with van der Waals surface area (Å²) >= 11 is 0. The predicted octanol–water partition coefficient (Wildman–Crippen LogP) is 3.36. The fraction of sp³-hybridized carbons (Fsp3) is 0.382. The van der Waals surface area contributed by atoms with E-state index in [-0.39, 0.29) is 42.5 Å².